The number of thioether (sulfide) groups is 1. The van der Waals surface area contributed by atoms with Crippen molar-refractivity contribution in [1.29, 1.82) is 0 Å². The minimum Gasteiger partial charge on any atom is -0.465 e. The number of nitrogens with zero attached hydrogens (tertiary/aromatic N) is 2. The molecule has 7 heteroatoms. The molecule has 0 aliphatic heterocycles. The summed E-state index contributed by atoms with van der Waals surface area (Å²) < 4.78 is 10.5. The highest BCUT2D eigenvalue weighted by atomic mass is 32.2. The molecule has 1 aliphatic rings. The van der Waals surface area contributed by atoms with Gasteiger partial charge in [-0.25, -0.2) is 4.98 Å². The molecule has 21 heavy (non-hydrogen) atoms. The second kappa shape index (κ2) is 7.56. The van der Waals surface area contributed by atoms with Crippen molar-refractivity contribution in [3.8, 4) is 0 Å². The number of carbonyl (C=O) groups excluding carboxylic acids is 1. The largest absolute Gasteiger partial charge is 0.465 e. The Hall–Kier alpha value is -0.660. The summed E-state index contributed by atoms with van der Waals surface area (Å²) >= 11 is 3.00. The fourth-order valence-electron chi connectivity index (χ4n) is 2.31. The molecule has 0 amide bonds. The van der Waals surface area contributed by atoms with Crippen LogP contribution < -0.4 is 5.32 Å². The topological polar surface area (TPSA) is 64.1 Å². The Morgan fingerprint density at radius 3 is 2.81 bits per heavy atom. The van der Waals surface area contributed by atoms with E-state index in [4.69, 9.17) is 4.74 Å². The van der Waals surface area contributed by atoms with Crippen LogP contribution in [0.3, 0.4) is 0 Å². The third-order valence-electron chi connectivity index (χ3n) is 3.54. The number of nitrogens with one attached hydrogen (secondary N) is 1. The van der Waals surface area contributed by atoms with E-state index in [1.54, 1.807) is 11.8 Å². The van der Waals surface area contributed by atoms with E-state index in [1.165, 1.54) is 11.5 Å². The SMILES string of the molecule is CCCNC(CSc1nc(C)ns1)(C(=O)OCC)C1CC1. The minimum atomic E-state index is -0.573. The Balaban J connectivity index is 2.10. The van der Waals surface area contributed by atoms with Crippen molar-refractivity contribution in [2.45, 2.75) is 49.9 Å². The molecule has 0 aromatic carbocycles. The van der Waals surface area contributed by atoms with Crippen molar-refractivity contribution >= 4 is 29.3 Å². The van der Waals surface area contributed by atoms with E-state index in [-0.39, 0.29) is 5.97 Å². The molecule has 1 unspecified atom stereocenters. The van der Waals surface area contributed by atoms with E-state index in [0.29, 0.717) is 18.3 Å². The molecule has 1 N–H and O–H groups in total. The number of carbonyl (C=O) groups is 1. The quantitative estimate of drug-likeness (QED) is 0.555. The van der Waals surface area contributed by atoms with Crippen LogP contribution in [0.2, 0.25) is 0 Å². The van der Waals surface area contributed by atoms with Crippen LogP contribution in [0.15, 0.2) is 4.34 Å². The smallest absolute Gasteiger partial charge is 0.327 e. The van der Waals surface area contributed by atoms with Gasteiger partial charge >= 0.3 is 5.97 Å². The first-order valence-electron chi connectivity index (χ1n) is 7.47. The van der Waals surface area contributed by atoms with Crippen LogP contribution in [0.4, 0.5) is 0 Å². The van der Waals surface area contributed by atoms with Gasteiger partial charge in [0.2, 0.25) is 0 Å². The molecule has 0 spiro atoms. The molecule has 2 rings (SSSR count). The number of aromatic nitrogens is 2. The molecule has 1 aromatic rings. The van der Waals surface area contributed by atoms with E-state index >= 15 is 0 Å². The van der Waals surface area contributed by atoms with Crippen LogP contribution >= 0.6 is 23.3 Å². The third kappa shape index (κ3) is 4.17. The Labute approximate surface area is 134 Å². The van der Waals surface area contributed by atoms with Gasteiger partial charge in [0.05, 0.1) is 6.61 Å². The van der Waals surface area contributed by atoms with Crippen LogP contribution in [0.1, 0.15) is 38.9 Å². The van der Waals surface area contributed by atoms with E-state index in [1.807, 2.05) is 13.8 Å². The van der Waals surface area contributed by atoms with Gasteiger partial charge < -0.3 is 10.1 Å². The van der Waals surface area contributed by atoms with Crippen molar-refractivity contribution in [3.63, 3.8) is 0 Å². The molecule has 0 radical (unpaired) electrons. The van der Waals surface area contributed by atoms with Gasteiger partial charge in [0.15, 0.2) is 4.34 Å². The van der Waals surface area contributed by atoms with E-state index < -0.39 is 5.54 Å². The zero-order chi connectivity index (χ0) is 15.3. The van der Waals surface area contributed by atoms with Gasteiger partial charge in [-0.3, -0.25) is 4.79 Å². The summed E-state index contributed by atoms with van der Waals surface area (Å²) in [5.74, 6) is 1.71. The lowest BCUT2D eigenvalue weighted by Gasteiger charge is -2.32. The fraction of sp³-hybridized carbons (Fsp3) is 0.786. The molecular formula is C14H23N3O2S2. The molecule has 1 aliphatic carbocycles. The van der Waals surface area contributed by atoms with Crippen molar-refractivity contribution in [2.24, 2.45) is 5.92 Å². The van der Waals surface area contributed by atoms with Gasteiger partial charge in [-0.2, -0.15) is 4.37 Å². The first-order chi connectivity index (χ1) is 10.1. The van der Waals surface area contributed by atoms with E-state index in [0.717, 1.165) is 36.0 Å². The van der Waals surface area contributed by atoms with Crippen LogP contribution in [0.5, 0.6) is 0 Å². The maximum Gasteiger partial charge on any atom is 0.327 e. The molecule has 5 nitrogen and oxygen atoms in total. The molecular weight excluding hydrogens is 306 g/mol. The van der Waals surface area contributed by atoms with Gasteiger partial charge in [-0.1, -0.05) is 18.7 Å². The molecule has 118 valence electrons. The Kier molecular flexibility index (Phi) is 6.01. The highest BCUT2D eigenvalue weighted by Crippen LogP contribution is 2.43. The van der Waals surface area contributed by atoms with Crippen LogP contribution in [0.25, 0.3) is 0 Å². The predicted molar refractivity (Wildman–Crippen MR) is 85.8 cm³/mol. The number of rotatable bonds is 9. The molecule has 1 saturated carbocycles. The van der Waals surface area contributed by atoms with E-state index in [9.17, 15) is 4.79 Å². The number of hydrogen-bond acceptors (Lipinski definition) is 7. The summed E-state index contributed by atoms with van der Waals surface area (Å²) in [7, 11) is 0. The van der Waals surface area contributed by atoms with Crippen molar-refractivity contribution < 1.29 is 9.53 Å². The molecule has 0 saturated heterocycles. The second-order valence-electron chi connectivity index (χ2n) is 5.29. The van der Waals surface area contributed by atoms with Crippen molar-refractivity contribution in [2.75, 3.05) is 18.9 Å². The average Bonchev–Trinajstić information content (AvgIpc) is 3.23. The van der Waals surface area contributed by atoms with Gasteiger partial charge in [0, 0.05) is 5.75 Å². The zero-order valence-electron chi connectivity index (χ0n) is 12.8. The first kappa shape index (κ1) is 16.7. The van der Waals surface area contributed by atoms with Gasteiger partial charge in [-0.05, 0) is 57.1 Å². The molecule has 1 aromatic heterocycles. The normalized spacial score (nSPS) is 17.5. The van der Waals surface area contributed by atoms with Crippen molar-refractivity contribution in [1.82, 2.24) is 14.7 Å². The van der Waals surface area contributed by atoms with Crippen LogP contribution in [0, 0.1) is 12.8 Å². The van der Waals surface area contributed by atoms with E-state index in [2.05, 4.69) is 21.6 Å². The van der Waals surface area contributed by atoms with Gasteiger partial charge in [-0.15, -0.1) is 0 Å². The van der Waals surface area contributed by atoms with Crippen molar-refractivity contribution in [3.05, 3.63) is 5.82 Å². The summed E-state index contributed by atoms with van der Waals surface area (Å²) in [4.78, 5) is 16.9. The third-order valence-corrected chi connectivity index (χ3v) is 5.65. The number of esters is 1. The summed E-state index contributed by atoms with van der Waals surface area (Å²) in [6.07, 6.45) is 3.17. The highest BCUT2D eigenvalue weighted by molar-refractivity contribution is 8.01. The number of hydrogen-bond donors (Lipinski definition) is 1. The van der Waals surface area contributed by atoms with Crippen LogP contribution in [-0.4, -0.2) is 39.8 Å². The molecule has 1 fully saturated rings. The van der Waals surface area contributed by atoms with Crippen LogP contribution in [-0.2, 0) is 9.53 Å². The second-order valence-corrected chi connectivity index (χ2v) is 7.26. The number of aryl methyl sites for hydroxylation is 1. The zero-order valence-corrected chi connectivity index (χ0v) is 14.5. The number of ether oxygens (including phenoxy) is 1. The monoisotopic (exact) mass is 329 g/mol. The molecule has 1 atom stereocenters. The standard InChI is InChI=1S/C14H23N3O2S2/c1-4-8-15-14(11-6-7-11,12(18)19-5-2)9-20-13-16-10(3)17-21-13/h11,15H,4-9H2,1-3H3. The summed E-state index contributed by atoms with van der Waals surface area (Å²) in [6, 6.07) is 0. The highest BCUT2D eigenvalue weighted by Gasteiger charge is 2.51. The molecule has 0 bridgehead atoms. The predicted octanol–water partition coefficient (Wildman–Crippen LogP) is 2.65. The average molecular weight is 329 g/mol. The minimum absolute atomic E-state index is 0.116. The summed E-state index contributed by atoms with van der Waals surface area (Å²) in [5, 5.41) is 3.47. The first-order valence-corrected chi connectivity index (χ1v) is 9.23. The lowest BCUT2D eigenvalue weighted by molar-refractivity contribution is -0.151. The Bertz CT molecular complexity index is 477. The fourth-order valence-corrected chi connectivity index (χ4v) is 4.23. The Morgan fingerprint density at radius 1 is 1.52 bits per heavy atom. The van der Waals surface area contributed by atoms with Gasteiger partial charge in [0.1, 0.15) is 11.4 Å². The maximum atomic E-state index is 12.5. The Morgan fingerprint density at radius 2 is 2.29 bits per heavy atom. The maximum absolute atomic E-state index is 12.5. The summed E-state index contributed by atoms with van der Waals surface area (Å²) in [5.41, 5.74) is -0.573. The summed E-state index contributed by atoms with van der Waals surface area (Å²) in [6.45, 7) is 7.10. The lowest BCUT2D eigenvalue weighted by Crippen LogP contribution is -2.57. The van der Waals surface area contributed by atoms with Gasteiger partial charge in [0.25, 0.3) is 0 Å². The lowest BCUT2D eigenvalue weighted by atomic mass is 9.95. The molecule has 1 heterocycles.